The second kappa shape index (κ2) is 5.27. The highest BCUT2D eigenvalue weighted by Crippen LogP contribution is 2.38. The third-order valence-corrected chi connectivity index (χ3v) is 4.55. The number of benzene rings is 1. The lowest BCUT2D eigenvalue weighted by molar-refractivity contribution is -0.116. The number of imidazole rings is 1. The smallest absolute Gasteiger partial charge is 0.226 e. The molecule has 1 N–H and O–H groups in total. The number of anilines is 1. The van der Waals surface area contributed by atoms with E-state index < -0.39 is 11.6 Å². The molecule has 116 valence electrons. The highest BCUT2D eigenvalue weighted by molar-refractivity contribution is 7.08. The van der Waals surface area contributed by atoms with Crippen molar-refractivity contribution in [3.05, 3.63) is 64.2 Å². The first-order chi connectivity index (χ1) is 11.1. The van der Waals surface area contributed by atoms with Crippen LogP contribution in [0.15, 0.2) is 41.4 Å². The molecule has 0 radical (unpaired) electrons. The zero-order chi connectivity index (χ0) is 16.0. The summed E-state index contributed by atoms with van der Waals surface area (Å²) in [5, 5.41) is 6.68. The van der Waals surface area contributed by atoms with Gasteiger partial charge in [0.05, 0.1) is 11.4 Å². The fourth-order valence-electron chi connectivity index (χ4n) is 2.83. The van der Waals surface area contributed by atoms with Gasteiger partial charge in [0.1, 0.15) is 23.8 Å². The van der Waals surface area contributed by atoms with Crippen molar-refractivity contribution in [2.24, 2.45) is 0 Å². The van der Waals surface area contributed by atoms with E-state index in [1.54, 1.807) is 11.3 Å². The SMILES string of the molecule is O=C1CC(c2ccsc2)c2ncn(-c3cc(F)cc(F)c3)c2N1. The van der Waals surface area contributed by atoms with E-state index >= 15 is 0 Å². The minimum atomic E-state index is -0.682. The summed E-state index contributed by atoms with van der Waals surface area (Å²) in [6.45, 7) is 0. The van der Waals surface area contributed by atoms with Gasteiger partial charge in [-0.1, -0.05) is 0 Å². The number of thiophene rings is 1. The number of rotatable bonds is 2. The molecule has 1 aromatic carbocycles. The van der Waals surface area contributed by atoms with Gasteiger partial charge in [-0.25, -0.2) is 13.8 Å². The maximum atomic E-state index is 13.5. The summed E-state index contributed by atoms with van der Waals surface area (Å²) in [5.41, 5.74) is 2.00. The molecule has 3 aromatic rings. The van der Waals surface area contributed by atoms with Crippen LogP contribution in [-0.2, 0) is 4.79 Å². The van der Waals surface area contributed by atoms with Crippen molar-refractivity contribution in [2.45, 2.75) is 12.3 Å². The van der Waals surface area contributed by atoms with Gasteiger partial charge in [0.25, 0.3) is 0 Å². The Kier molecular flexibility index (Phi) is 3.23. The number of fused-ring (bicyclic) bond motifs is 1. The molecule has 1 aliphatic rings. The molecule has 0 bridgehead atoms. The van der Waals surface area contributed by atoms with Crippen molar-refractivity contribution in [2.75, 3.05) is 5.32 Å². The fraction of sp³-hybridized carbons (Fsp3) is 0.125. The largest absolute Gasteiger partial charge is 0.310 e. The molecule has 1 unspecified atom stereocenters. The van der Waals surface area contributed by atoms with E-state index in [1.807, 2.05) is 16.8 Å². The van der Waals surface area contributed by atoms with Crippen molar-refractivity contribution in [1.82, 2.24) is 9.55 Å². The van der Waals surface area contributed by atoms with Crippen LogP contribution in [0.5, 0.6) is 0 Å². The maximum Gasteiger partial charge on any atom is 0.226 e. The monoisotopic (exact) mass is 331 g/mol. The van der Waals surface area contributed by atoms with Crippen molar-refractivity contribution in [1.29, 1.82) is 0 Å². The second-order valence-corrected chi connectivity index (χ2v) is 6.12. The molecule has 3 heterocycles. The Morgan fingerprint density at radius 2 is 2.04 bits per heavy atom. The highest BCUT2D eigenvalue weighted by Gasteiger charge is 2.31. The zero-order valence-electron chi connectivity index (χ0n) is 11.8. The Bertz CT molecular complexity index is 869. The molecular formula is C16H11F2N3OS. The maximum absolute atomic E-state index is 13.5. The van der Waals surface area contributed by atoms with Crippen molar-refractivity contribution in [3.63, 3.8) is 0 Å². The molecule has 7 heteroatoms. The predicted octanol–water partition coefficient (Wildman–Crippen LogP) is 3.69. The molecular weight excluding hydrogens is 320 g/mol. The first kappa shape index (κ1) is 14.1. The van der Waals surface area contributed by atoms with Crippen LogP contribution >= 0.6 is 11.3 Å². The van der Waals surface area contributed by atoms with Gasteiger partial charge in [0.2, 0.25) is 5.91 Å². The van der Waals surface area contributed by atoms with Gasteiger partial charge < -0.3 is 5.32 Å². The first-order valence-corrected chi connectivity index (χ1v) is 7.92. The summed E-state index contributed by atoms with van der Waals surface area (Å²) in [6.07, 6.45) is 1.78. The predicted molar refractivity (Wildman–Crippen MR) is 82.9 cm³/mol. The quantitative estimate of drug-likeness (QED) is 0.778. The Morgan fingerprint density at radius 3 is 2.74 bits per heavy atom. The second-order valence-electron chi connectivity index (χ2n) is 5.34. The summed E-state index contributed by atoms with van der Waals surface area (Å²) in [7, 11) is 0. The molecule has 1 amide bonds. The summed E-state index contributed by atoms with van der Waals surface area (Å²) in [6, 6.07) is 5.16. The minimum Gasteiger partial charge on any atom is -0.310 e. The van der Waals surface area contributed by atoms with Gasteiger partial charge in [0.15, 0.2) is 0 Å². The van der Waals surface area contributed by atoms with Gasteiger partial charge in [-0.15, -0.1) is 0 Å². The first-order valence-electron chi connectivity index (χ1n) is 6.97. The Morgan fingerprint density at radius 1 is 1.26 bits per heavy atom. The van der Waals surface area contributed by atoms with Crippen LogP contribution in [0, 0.1) is 11.6 Å². The van der Waals surface area contributed by atoms with Gasteiger partial charge in [-0.2, -0.15) is 11.3 Å². The molecule has 23 heavy (non-hydrogen) atoms. The standard InChI is InChI=1S/C16H11F2N3OS/c17-10-3-11(18)5-12(4-10)21-8-19-15-13(9-1-2-23-7-9)6-14(22)20-16(15)21/h1-5,7-8,13H,6H2,(H,20,22). The molecule has 1 aliphatic heterocycles. The van der Waals surface area contributed by atoms with Crippen LogP contribution in [0.1, 0.15) is 23.6 Å². The summed E-state index contributed by atoms with van der Waals surface area (Å²) in [4.78, 5) is 16.4. The number of aromatic nitrogens is 2. The van der Waals surface area contributed by atoms with E-state index in [1.165, 1.54) is 23.0 Å². The van der Waals surface area contributed by atoms with Crippen LogP contribution < -0.4 is 5.32 Å². The average Bonchev–Trinajstić information content (AvgIpc) is 3.14. The van der Waals surface area contributed by atoms with Gasteiger partial charge in [-0.05, 0) is 34.5 Å². The summed E-state index contributed by atoms with van der Waals surface area (Å²) >= 11 is 1.55. The van der Waals surface area contributed by atoms with Crippen LogP contribution in [-0.4, -0.2) is 15.5 Å². The van der Waals surface area contributed by atoms with E-state index in [0.29, 0.717) is 17.9 Å². The van der Waals surface area contributed by atoms with Gasteiger partial charge >= 0.3 is 0 Å². The van der Waals surface area contributed by atoms with Crippen LogP contribution in [0.25, 0.3) is 5.69 Å². The zero-order valence-corrected chi connectivity index (χ0v) is 12.6. The molecule has 1 atom stereocenters. The summed E-state index contributed by atoms with van der Waals surface area (Å²) in [5.74, 6) is -1.20. The van der Waals surface area contributed by atoms with Crippen LogP contribution in [0.4, 0.5) is 14.6 Å². The Hall–Kier alpha value is -2.54. The van der Waals surface area contributed by atoms with Gasteiger partial charge in [0, 0.05) is 18.4 Å². The molecule has 0 fully saturated rings. The van der Waals surface area contributed by atoms with E-state index in [-0.39, 0.29) is 17.5 Å². The van der Waals surface area contributed by atoms with Crippen LogP contribution in [0.3, 0.4) is 0 Å². The van der Waals surface area contributed by atoms with E-state index in [9.17, 15) is 13.6 Å². The van der Waals surface area contributed by atoms with Crippen molar-refractivity contribution in [3.8, 4) is 5.69 Å². The molecule has 0 saturated heterocycles. The molecule has 2 aromatic heterocycles. The number of nitrogens with zero attached hydrogens (tertiary/aromatic N) is 2. The Labute approximate surface area is 134 Å². The number of hydrogen-bond donors (Lipinski definition) is 1. The van der Waals surface area contributed by atoms with E-state index in [0.717, 1.165) is 11.6 Å². The van der Waals surface area contributed by atoms with Crippen molar-refractivity contribution < 1.29 is 13.6 Å². The molecule has 0 spiro atoms. The van der Waals surface area contributed by atoms with E-state index in [2.05, 4.69) is 10.3 Å². The van der Waals surface area contributed by atoms with Gasteiger partial charge in [-0.3, -0.25) is 9.36 Å². The minimum absolute atomic E-state index is 0.146. The molecule has 0 aliphatic carbocycles. The number of carbonyl (C=O) groups excluding carboxylic acids is 1. The van der Waals surface area contributed by atoms with Crippen LogP contribution in [0.2, 0.25) is 0 Å². The third-order valence-electron chi connectivity index (χ3n) is 3.84. The average molecular weight is 331 g/mol. The Balaban J connectivity index is 1.85. The third kappa shape index (κ3) is 2.43. The highest BCUT2D eigenvalue weighted by atomic mass is 32.1. The van der Waals surface area contributed by atoms with Crippen molar-refractivity contribution >= 4 is 23.1 Å². The molecule has 0 saturated carbocycles. The normalized spacial score (nSPS) is 17.0. The number of halogens is 2. The topological polar surface area (TPSA) is 46.9 Å². The van der Waals surface area contributed by atoms with E-state index in [4.69, 9.17) is 0 Å². The molecule has 4 nitrogen and oxygen atoms in total. The number of nitrogens with one attached hydrogen (secondary N) is 1. The lowest BCUT2D eigenvalue weighted by atomic mass is 9.92. The lowest BCUT2D eigenvalue weighted by Gasteiger charge is -2.22. The fourth-order valence-corrected chi connectivity index (χ4v) is 3.54. The number of amides is 1. The lowest BCUT2D eigenvalue weighted by Crippen LogP contribution is -2.24. The number of carbonyl (C=O) groups is 1. The summed E-state index contributed by atoms with van der Waals surface area (Å²) < 4.78 is 28.4. The number of hydrogen-bond acceptors (Lipinski definition) is 3. The molecule has 4 rings (SSSR count).